The van der Waals surface area contributed by atoms with E-state index in [1.165, 1.54) is 0 Å². The van der Waals surface area contributed by atoms with Crippen LogP contribution in [0.2, 0.25) is 5.02 Å². The Morgan fingerprint density at radius 2 is 2.00 bits per heavy atom. The molecule has 3 rings (SSSR count). The lowest BCUT2D eigenvalue weighted by Gasteiger charge is -2.22. The smallest absolute Gasteiger partial charge is 0.336 e. The number of halogens is 1. The Kier molecular flexibility index (Phi) is 5.39. The number of rotatable bonds is 5. The molecule has 7 nitrogen and oxygen atoms in total. The lowest BCUT2D eigenvalue weighted by Crippen LogP contribution is -2.39. The maximum Gasteiger partial charge on any atom is 0.336 e. The Balaban J connectivity index is 1.69. The normalized spacial score (nSPS) is 15.9. The molecule has 1 aliphatic carbocycles. The Labute approximate surface area is 150 Å². The van der Waals surface area contributed by atoms with Crippen molar-refractivity contribution >= 4 is 27.3 Å². The quantitative estimate of drug-likeness (QED) is 0.851. The molecule has 134 valence electrons. The Morgan fingerprint density at radius 3 is 2.72 bits per heavy atom. The highest BCUT2D eigenvalue weighted by molar-refractivity contribution is 7.91. The van der Waals surface area contributed by atoms with Crippen LogP contribution < -0.4 is 5.32 Å². The van der Waals surface area contributed by atoms with E-state index in [4.69, 9.17) is 16.0 Å². The topological polar surface area (TPSA) is 102 Å². The third kappa shape index (κ3) is 4.58. The van der Waals surface area contributed by atoms with E-state index in [0.29, 0.717) is 10.6 Å². The molecule has 0 bridgehead atoms. The van der Waals surface area contributed by atoms with E-state index >= 15 is 0 Å². The second-order valence-corrected chi connectivity index (χ2v) is 8.35. The number of sulfone groups is 1. The molecule has 0 radical (unpaired) electrons. The van der Waals surface area contributed by atoms with Gasteiger partial charge in [0, 0.05) is 16.6 Å². The van der Waals surface area contributed by atoms with Gasteiger partial charge >= 0.3 is 5.22 Å². The zero-order valence-electron chi connectivity index (χ0n) is 13.4. The highest BCUT2D eigenvalue weighted by Crippen LogP contribution is 2.23. The highest BCUT2D eigenvalue weighted by atomic mass is 35.5. The van der Waals surface area contributed by atoms with Crippen LogP contribution in [0.5, 0.6) is 0 Å². The number of carbonyl (C=O) groups is 1. The van der Waals surface area contributed by atoms with E-state index in [0.717, 1.165) is 32.1 Å². The molecule has 25 heavy (non-hydrogen) atoms. The zero-order valence-corrected chi connectivity index (χ0v) is 15.0. The molecule has 1 N–H and O–H groups in total. The first-order valence-electron chi connectivity index (χ1n) is 8.05. The predicted octanol–water partition coefficient (Wildman–Crippen LogP) is 2.61. The maximum absolute atomic E-state index is 12.3. The van der Waals surface area contributed by atoms with Gasteiger partial charge in [-0.2, -0.15) is 0 Å². The molecular weight excluding hydrogens is 366 g/mol. The van der Waals surface area contributed by atoms with Crippen LogP contribution in [0.15, 0.2) is 33.9 Å². The summed E-state index contributed by atoms with van der Waals surface area (Å²) in [4.78, 5) is 12.0. The molecule has 2 aromatic rings. The Hall–Kier alpha value is -1.93. The molecule has 0 saturated heterocycles. The number of amides is 1. The standard InChI is InChI=1S/C16H18ClN3O4S/c17-12-6-4-5-11(9-12)15-19-20-16(24-15)25(22,23)10-14(21)18-13-7-2-1-3-8-13/h4-6,9,13H,1-3,7-8,10H2,(H,18,21). The Bertz CT molecular complexity index is 860. The fraction of sp³-hybridized carbons (Fsp3) is 0.438. The molecule has 9 heteroatoms. The minimum absolute atomic E-state index is 0.0359. The van der Waals surface area contributed by atoms with Crippen molar-refractivity contribution < 1.29 is 17.6 Å². The van der Waals surface area contributed by atoms with Crippen molar-refractivity contribution in [2.75, 3.05) is 5.75 Å². The summed E-state index contributed by atoms with van der Waals surface area (Å²) >= 11 is 5.89. The molecule has 1 heterocycles. The second-order valence-electron chi connectivity index (χ2n) is 6.05. The summed E-state index contributed by atoms with van der Waals surface area (Å²) in [6.45, 7) is 0. The number of nitrogens with zero attached hydrogens (tertiary/aromatic N) is 2. The van der Waals surface area contributed by atoms with Crippen LogP contribution in [0.1, 0.15) is 32.1 Å². The number of hydrogen-bond donors (Lipinski definition) is 1. The molecular formula is C16H18ClN3O4S. The largest absolute Gasteiger partial charge is 0.408 e. The number of aromatic nitrogens is 2. The first-order valence-corrected chi connectivity index (χ1v) is 10.1. The molecule has 0 unspecified atom stereocenters. The van der Waals surface area contributed by atoms with Crippen LogP contribution in [0.4, 0.5) is 0 Å². The zero-order chi connectivity index (χ0) is 17.9. The summed E-state index contributed by atoms with van der Waals surface area (Å²) < 4.78 is 29.9. The molecule has 1 aliphatic rings. The highest BCUT2D eigenvalue weighted by Gasteiger charge is 2.27. The van der Waals surface area contributed by atoms with Crippen LogP contribution in [0.3, 0.4) is 0 Å². The average Bonchev–Trinajstić information content (AvgIpc) is 3.06. The fourth-order valence-corrected chi connectivity index (χ4v) is 3.94. The molecule has 1 saturated carbocycles. The van der Waals surface area contributed by atoms with Gasteiger partial charge < -0.3 is 9.73 Å². The van der Waals surface area contributed by atoms with E-state index < -0.39 is 26.7 Å². The van der Waals surface area contributed by atoms with Gasteiger partial charge in [0.25, 0.3) is 0 Å². The van der Waals surface area contributed by atoms with Gasteiger partial charge in [-0.15, -0.1) is 5.10 Å². The van der Waals surface area contributed by atoms with Crippen molar-refractivity contribution in [1.29, 1.82) is 0 Å². The van der Waals surface area contributed by atoms with Crippen molar-refractivity contribution in [2.45, 2.75) is 43.4 Å². The van der Waals surface area contributed by atoms with E-state index in [1.54, 1.807) is 24.3 Å². The summed E-state index contributed by atoms with van der Waals surface area (Å²) in [6.07, 6.45) is 5.00. The van der Waals surface area contributed by atoms with Gasteiger partial charge in [-0.05, 0) is 31.0 Å². The third-order valence-corrected chi connectivity index (χ3v) is 5.61. The fourth-order valence-electron chi connectivity index (χ4n) is 2.82. The van der Waals surface area contributed by atoms with Gasteiger partial charge in [0.1, 0.15) is 5.75 Å². The second kappa shape index (κ2) is 7.53. The van der Waals surface area contributed by atoms with Crippen molar-refractivity contribution in [2.24, 2.45) is 0 Å². The Morgan fingerprint density at radius 1 is 1.24 bits per heavy atom. The van der Waals surface area contributed by atoms with Crippen LogP contribution in [0, 0.1) is 0 Å². The molecule has 0 aliphatic heterocycles. The first-order chi connectivity index (χ1) is 11.9. The number of benzene rings is 1. The number of carbonyl (C=O) groups excluding carboxylic acids is 1. The van der Waals surface area contributed by atoms with E-state index in [1.807, 2.05) is 0 Å². The lowest BCUT2D eigenvalue weighted by atomic mass is 9.95. The molecule has 0 atom stereocenters. The summed E-state index contributed by atoms with van der Waals surface area (Å²) in [7, 11) is -3.99. The molecule has 1 amide bonds. The summed E-state index contributed by atoms with van der Waals surface area (Å²) in [5.41, 5.74) is 0.508. The molecule has 1 aromatic carbocycles. The van der Waals surface area contributed by atoms with Crippen molar-refractivity contribution in [3.8, 4) is 11.5 Å². The van der Waals surface area contributed by atoms with Crippen molar-refractivity contribution in [3.05, 3.63) is 29.3 Å². The van der Waals surface area contributed by atoms with Crippen LogP contribution in [-0.4, -0.2) is 36.3 Å². The third-order valence-electron chi connectivity index (χ3n) is 4.04. The number of nitrogens with one attached hydrogen (secondary N) is 1. The molecule has 1 fully saturated rings. The van der Waals surface area contributed by atoms with Crippen molar-refractivity contribution in [1.82, 2.24) is 15.5 Å². The first kappa shape index (κ1) is 17.9. The lowest BCUT2D eigenvalue weighted by molar-refractivity contribution is -0.119. The van der Waals surface area contributed by atoms with Gasteiger partial charge in [0.05, 0.1) is 0 Å². The van der Waals surface area contributed by atoms with E-state index in [2.05, 4.69) is 15.5 Å². The van der Waals surface area contributed by atoms with Gasteiger partial charge in [-0.25, -0.2) is 8.42 Å². The minimum atomic E-state index is -3.99. The maximum atomic E-state index is 12.3. The van der Waals surface area contributed by atoms with Crippen LogP contribution in [-0.2, 0) is 14.6 Å². The van der Waals surface area contributed by atoms with Crippen molar-refractivity contribution in [3.63, 3.8) is 0 Å². The van der Waals surface area contributed by atoms with Gasteiger partial charge in [-0.1, -0.05) is 42.0 Å². The van der Waals surface area contributed by atoms with Crippen LogP contribution >= 0.6 is 11.6 Å². The summed E-state index contributed by atoms with van der Waals surface area (Å²) in [5, 5.41) is 9.96. The average molecular weight is 384 g/mol. The van der Waals surface area contributed by atoms with Crippen LogP contribution in [0.25, 0.3) is 11.5 Å². The monoisotopic (exact) mass is 383 g/mol. The minimum Gasteiger partial charge on any atom is -0.408 e. The molecule has 1 aromatic heterocycles. The SMILES string of the molecule is O=C(CS(=O)(=O)c1nnc(-c2cccc(Cl)c2)o1)NC1CCCCC1. The summed E-state index contributed by atoms with van der Waals surface area (Å²) in [5.74, 6) is -1.22. The van der Waals surface area contributed by atoms with E-state index in [9.17, 15) is 13.2 Å². The number of hydrogen-bond acceptors (Lipinski definition) is 6. The molecule has 0 spiro atoms. The van der Waals surface area contributed by atoms with E-state index in [-0.39, 0.29) is 11.9 Å². The van der Waals surface area contributed by atoms with Gasteiger partial charge in [-0.3, -0.25) is 4.79 Å². The van der Waals surface area contributed by atoms with Gasteiger partial charge in [0.15, 0.2) is 0 Å². The predicted molar refractivity (Wildman–Crippen MR) is 91.8 cm³/mol. The van der Waals surface area contributed by atoms with Gasteiger partial charge in [0.2, 0.25) is 21.6 Å². The summed E-state index contributed by atoms with van der Waals surface area (Å²) in [6, 6.07) is 6.66.